The van der Waals surface area contributed by atoms with E-state index in [2.05, 4.69) is 42.8 Å². The van der Waals surface area contributed by atoms with E-state index in [0.29, 0.717) is 28.8 Å². The van der Waals surface area contributed by atoms with Gasteiger partial charge in [0.05, 0.1) is 23.9 Å². The van der Waals surface area contributed by atoms with Gasteiger partial charge in [0, 0.05) is 15.4 Å². The summed E-state index contributed by atoms with van der Waals surface area (Å²) in [6, 6.07) is 13.4. The SMILES string of the molecule is COc1ccc(Br)cc1/C=C1\CC(C(C)(C)C)Cc2c1nc1ccccc1c2C(=O)O. The van der Waals surface area contributed by atoms with E-state index in [1.54, 1.807) is 7.11 Å². The quantitative estimate of drug-likeness (QED) is 0.445. The second-order valence-corrected chi connectivity index (χ2v) is 10.1. The molecule has 0 radical (unpaired) electrons. The van der Waals surface area contributed by atoms with Crippen molar-refractivity contribution in [3.05, 3.63) is 69.3 Å². The summed E-state index contributed by atoms with van der Waals surface area (Å²) in [7, 11) is 1.66. The summed E-state index contributed by atoms with van der Waals surface area (Å²) in [4.78, 5) is 17.3. The van der Waals surface area contributed by atoms with Crippen LogP contribution in [0.5, 0.6) is 5.75 Å². The number of rotatable bonds is 3. The lowest BCUT2D eigenvalue weighted by Crippen LogP contribution is -2.28. The van der Waals surface area contributed by atoms with E-state index in [-0.39, 0.29) is 5.41 Å². The number of carbonyl (C=O) groups is 1. The molecule has 1 unspecified atom stereocenters. The Morgan fingerprint density at radius 1 is 1.19 bits per heavy atom. The van der Waals surface area contributed by atoms with Crippen molar-refractivity contribution in [1.82, 2.24) is 4.98 Å². The number of benzene rings is 2. The smallest absolute Gasteiger partial charge is 0.336 e. The van der Waals surface area contributed by atoms with Crippen LogP contribution in [0.15, 0.2) is 46.9 Å². The number of ether oxygens (including phenoxy) is 1. The average molecular weight is 480 g/mol. The zero-order valence-corrected chi connectivity index (χ0v) is 19.8. The number of carboxylic acid groups (broad SMARTS) is 1. The van der Waals surface area contributed by atoms with Crippen molar-refractivity contribution < 1.29 is 14.6 Å². The average Bonchev–Trinajstić information content (AvgIpc) is 2.71. The van der Waals surface area contributed by atoms with Crippen LogP contribution >= 0.6 is 15.9 Å². The van der Waals surface area contributed by atoms with Gasteiger partial charge >= 0.3 is 5.97 Å². The molecule has 0 spiro atoms. The number of aromatic nitrogens is 1. The first kappa shape index (κ1) is 21.6. The molecule has 0 fully saturated rings. The Morgan fingerprint density at radius 2 is 1.94 bits per heavy atom. The van der Waals surface area contributed by atoms with Gasteiger partial charge in [0.1, 0.15) is 5.75 Å². The molecule has 1 aliphatic carbocycles. The molecule has 0 bridgehead atoms. The van der Waals surface area contributed by atoms with Gasteiger partial charge in [-0.1, -0.05) is 54.9 Å². The molecule has 1 heterocycles. The van der Waals surface area contributed by atoms with Gasteiger partial charge < -0.3 is 9.84 Å². The topological polar surface area (TPSA) is 59.4 Å². The molecule has 160 valence electrons. The van der Waals surface area contributed by atoms with Crippen LogP contribution in [0.4, 0.5) is 0 Å². The van der Waals surface area contributed by atoms with Crippen LogP contribution in [0.25, 0.3) is 22.6 Å². The Morgan fingerprint density at radius 3 is 2.61 bits per heavy atom. The maximum atomic E-state index is 12.4. The Labute approximate surface area is 191 Å². The van der Waals surface area contributed by atoms with Crippen molar-refractivity contribution >= 4 is 44.5 Å². The van der Waals surface area contributed by atoms with E-state index in [4.69, 9.17) is 9.72 Å². The number of aromatic carboxylic acids is 1. The molecule has 0 saturated carbocycles. The van der Waals surface area contributed by atoms with E-state index < -0.39 is 5.97 Å². The second-order valence-electron chi connectivity index (χ2n) is 9.16. The predicted molar refractivity (Wildman–Crippen MR) is 129 cm³/mol. The van der Waals surface area contributed by atoms with Crippen LogP contribution < -0.4 is 4.74 Å². The first-order chi connectivity index (χ1) is 14.7. The lowest BCUT2D eigenvalue weighted by Gasteiger charge is -2.36. The molecule has 0 saturated heterocycles. The molecular formula is C26H26BrNO3. The number of para-hydroxylation sites is 1. The fourth-order valence-electron chi connectivity index (χ4n) is 4.39. The van der Waals surface area contributed by atoms with E-state index in [1.165, 1.54) is 0 Å². The molecular weight excluding hydrogens is 454 g/mol. The van der Waals surface area contributed by atoms with Gasteiger partial charge in [-0.05, 0) is 65.7 Å². The standard InChI is InChI=1S/C26H26BrNO3/c1-26(2,3)17-12-16(11-15-13-18(27)9-10-22(15)31-4)24-20(14-17)23(25(29)30)19-7-5-6-8-21(19)28-24/h5-11,13,17H,12,14H2,1-4H3,(H,29,30)/b16-11+. The number of methoxy groups -OCH3 is 1. The van der Waals surface area contributed by atoms with Crippen molar-refractivity contribution in [2.24, 2.45) is 11.3 Å². The zero-order valence-electron chi connectivity index (χ0n) is 18.2. The molecule has 0 aliphatic heterocycles. The minimum Gasteiger partial charge on any atom is -0.496 e. The van der Waals surface area contributed by atoms with Crippen molar-refractivity contribution in [3.8, 4) is 5.75 Å². The number of halogens is 1. The number of hydrogen-bond acceptors (Lipinski definition) is 3. The predicted octanol–water partition coefficient (Wildman–Crippen LogP) is 6.85. The van der Waals surface area contributed by atoms with Crippen LogP contribution in [0, 0.1) is 11.3 Å². The first-order valence-electron chi connectivity index (χ1n) is 10.4. The highest BCUT2D eigenvalue weighted by atomic mass is 79.9. The largest absolute Gasteiger partial charge is 0.496 e. The minimum absolute atomic E-state index is 0.0273. The zero-order chi connectivity index (χ0) is 22.3. The summed E-state index contributed by atoms with van der Waals surface area (Å²) in [5.74, 6) is 0.170. The highest BCUT2D eigenvalue weighted by molar-refractivity contribution is 9.10. The van der Waals surface area contributed by atoms with Crippen molar-refractivity contribution in [3.63, 3.8) is 0 Å². The molecule has 2 aromatic carbocycles. The summed E-state index contributed by atoms with van der Waals surface area (Å²) in [5.41, 5.74) is 4.72. The maximum absolute atomic E-state index is 12.4. The van der Waals surface area contributed by atoms with Crippen LogP contribution in [0.1, 0.15) is 54.4 Å². The van der Waals surface area contributed by atoms with E-state index >= 15 is 0 Å². The molecule has 3 aromatic rings. The molecule has 0 amide bonds. The number of hydrogen-bond donors (Lipinski definition) is 1. The van der Waals surface area contributed by atoms with Gasteiger partial charge in [0.25, 0.3) is 0 Å². The van der Waals surface area contributed by atoms with Gasteiger partial charge in [0.2, 0.25) is 0 Å². The molecule has 4 rings (SSSR count). The molecule has 1 aromatic heterocycles. The third-order valence-electron chi connectivity index (χ3n) is 6.17. The highest BCUT2D eigenvalue weighted by Gasteiger charge is 2.35. The fourth-order valence-corrected chi connectivity index (χ4v) is 4.76. The van der Waals surface area contributed by atoms with Crippen LogP contribution in [0.3, 0.4) is 0 Å². The Hall–Kier alpha value is -2.66. The Balaban J connectivity index is 2.02. The van der Waals surface area contributed by atoms with Gasteiger partial charge in [0.15, 0.2) is 0 Å². The summed E-state index contributed by atoms with van der Waals surface area (Å²) >= 11 is 3.55. The molecule has 1 atom stereocenters. The van der Waals surface area contributed by atoms with Crippen molar-refractivity contribution in [1.29, 1.82) is 0 Å². The van der Waals surface area contributed by atoms with Crippen molar-refractivity contribution in [2.45, 2.75) is 33.6 Å². The molecule has 1 N–H and O–H groups in total. The molecule has 5 heteroatoms. The third-order valence-corrected chi connectivity index (χ3v) is 6.67. The number of fused-ring (bicyclic) bond motifs is 2. The normalized spacial score (nSPS) is 17.6. The molecule has 31 heavy (non-hydrogen) atoms. The number of carboxylic acids is 1. The second kappa shape index (κ2) is 8.12. The number of allylic oxidation sites excluding steroid dienone is 1. The van der Waals surface area contributed by atoms with Crippen LogP contribution in [-0.4, -0.2) is 23.2 Å². The highest BCUT2D eigenvalue weighted by Crippen LogP contribution is 2.45. The summed E-state index contributed by atoms with van der Waals surface area (Å²) in [5, 5.41) is 10.8. The van der Waals surface area contributed by atoms with Gasteiger partial charge in [-0.2, -0.15) is 0 Å². The number of pyridine rings is 1. The minimum atomic E-state index is -0.899. The van der Waals surface area contributed by atoms with Gasteiger partial charge in [-0.15, -0.1) is 0 Å². The summed E-state index contributed by atoms with van der Waals surface area (Å²) in [6.07, 6.45) is 3.63. The summed E-state index contributed by atoms with van der Waals surface area (Å²) < 4.78 is 6.54. The Kier molecular flexibility index (Phi) is 5.65. The lowest BCUT2D eigenvalue weighted by atomic mass is 9.69. The fraction of sp³-hybridized carbons (Fsp3) is 0.308. The Bertz CT molecular complexity index is 1210. The number of nitrogens with zero attached hydrogens (tertiary/aromatic N) is 1. The van der Waals surface area contributed by atoms with Crippen molar-refractivity contribution in [2.75, 3.05) is 7.11 Å². The third kappa shape index (κ3) is 4.11. The maximum Gasteiger partial charge on any atom is 0.336 e. The van der Waals surface area contributed by atoms with Crippen LogP contribution in [-0.2, 0) is 6.42 Å². The molecule has 4 nitrogen and oxygen atoms in total. The van der Waals surface area contributed by atoms with Crippen LogP contribution in [0.2, 0.25) is 0 Å². The molecule has 1 aliphatic rings. The van der Waals surface area contributed by atoms with Gasteiger partial charge in [-0.25, -0.2) is 9.78 Å². The van der Waals surface area contributed by atoms with E-state index in [9.17, 15) is 9.90 Å². The van der Waals surface area contributed by atoms with Gasteiger partial charge in [-0.3, -0.25) is 0 Å². The first-order valence-corrected chi connectivity index (χ1v) is 11.2. The summed E-state index contributed by atoms with van der Waals surface area (Å²) in [6.45, 7) is 6.65. The monoisotopic (exact) mass is 479 g/mol. The van der Waals surface area contributed by atoms with E-state index in [0.717, 1.165) is 39.0 Å². The lowest BCUT2D eigenvalue weighted by molar-refractivity contribution is 0.0696. The van der Waals surface area contributed by atoms with E-state index in [1.807, 2.05) is 42.5 Å².